The van der Waals surface area contributed by atoms with Crippen molar-refractivity contribution in [3.05, 3.63) is 65.5 Å². The van der Waals surface area contributed by atoms with Crippen LogP contribution in [0.5, 0.6) is 0 Å². The highest BCUT2D eigenvalue weighted by atomic mass is 32.1. The number of hydrazone groups is 1. The summed E-state index contributed by atoms with van der Waals surface area (Å²) in [5.41, 5.74) is 3.48. The van der Waals surface area contributed by atoms with E-state index in [1.165, 1.54) is 36.5 Å². The summed E-state index contributed by atoms with van der Waals surface area (Å²) in [6.07, 6.45) is 1.29. The van der Waals surface area contributed by atoms with Crippen LogP contribution in [-0.4, -0.2) is 11.3 Å². The summed E-state index contributed by atoms with van der Waals surface area (Å²) in [5.74, 6) is -2.23. The second-order valence-electron chi connectivity index (χ2n) is 4.00. The number of hydrogen-bond donors (Lipinski definition) is 2. The molecule has 0 aliphatic rings. The Morgan fingerprint density at radius 1 is 1.00 bits per heavy atom. The number of nitrogens with one attached hydrogen (secondary N) is 2. The minimum Gasteiger partial charge on any atom is -0.331 e. The van der Waals surface area contributed by atoms with Crippen LogP contribution in [0, 0.1) is 17.5 Å². The fraction of sp³-hybridized carbons (Fsp3) is 0. The third-order valence-corrected chi connectivity index (χ3v) is 2.62. The molecular formula is C14H10F3N3S. The Bertz CT molecular complexity index is 672. The van der Waals surface area contributed by atoms with Gasteiger partial charge in [-0.25, -0.2) is 13.2 Å². The predicted octanol–water partition coefficient (Wildman–Crippen LogP) is 3.42. The van der Waals surface area contributed by atoms with E-state index >= 15 is 0 Å². The van der Waals surface area contributed by atoms with Crippen molar-refractivity contribution in [2.75, 3.05) is 5.32 Å². The Kier molecular flexibility index (Phi) is 4.89. The zero-order chi connectivity index (χ0) is 15.2. The van der Waals surface area contributed by atoms with E-state index < -0.39 is 11.6 Å². The standard InChI is InChI=1S/C14H10F3N3S/c15-10-2-4-11(5-3-10)19-14(21)20-18-8-9-1-6-12(16)13(17)7-9/h1-8H,(H2,19,20,21)/b18-8-. The van der Waals surface area contributed by atoms with Gasteiger partial charge < -0.3 is 5.32 Å². The molecule has 0 aliphatic carbocycles. The van der Waals surface area contributed by atoms with Crippen molar-refractivity contribution in [1.82, 2.24) is 5.43 Å². The summed E-state index contributed by atoms with van der Waals surface area (Å²) in [6, 6.07) is 9.00. The minimum atomic E-state index is -0.953. The van der Waals surface area contributed by atoms with Gasteiger partial charge in [-0.3, -0.25) is 5.43 Å². The molecular weight excluding hydrogens is 299 g/mol. The first-order valence-electron chi connectivity index (χ1n) is 5.85. The van der Waals surface area contributed by atoms with Gasteiger partial charge in [0.1, 0.15) is 5.82 Å². The van der Waals surface area contributed by atoms with E-state index in [-0.39, 0.29) is 10.9 Å². The lowest BCUT2D eigenvalue weighted by Crippen LogP contribution is -2.23. The fourth-order valence-electron chi connectivity index (χ4n) is 1.45. The van der Waals surface area contributed by atoms with Crippen molar-refractivity contribution in [1.29, 1.82) is 0 Å². The maximum atomic E-state index is 13.0. The largest absolute Gasteiger partial charge is 0.331 e. The number of rotatable bonds is 3. The molecule has 0 amide bonds. The van der Waals surface area contributed by atoms with Gasteiger partial charge in [0, 0.05) is 5.69 Å². The van der Waals surface area contributed by atoms with Crippen molar-refractivity contribution < 1.29 is 13.2 Å². The summed E-state index contributed by atoms with van der Waals surface area (Å²) in [5, 5.41) is 6.75. The first-order chi connectivity index (χ1) is 10.0. The highest BCUT2D eigenvalue weighted by molar-refractivity contribution is 7.80. The maximum Gasteiger partial charge on any atom is 0.191 e. The highest BCUT2D eigenvalue weighted by Crippen LogP contribution is 2.08. The summed E-state index contributed by atoms with van der Waals surface area (Å²) in [6.45, 7) is 0. The zero-order valence-corrected chi connectivity index (χ0v) is 11.4. The zero-order valence-electron chi connectivity index (χ0n) is 10.6. The lowest BCUT2D eigenvalue weighted by molar-refractivity contribution is 0.508. The molecule has 0 spiro atoms. The van der Waals surface area contributed by atoms with Crippen molar-refractivity contribution >= 4 is 29.2 Å². The van der Waals surface area contributed by atoms with Gasteiger partial charge in [-0.05, 0) is 54.2 Å². The molecule has 0 aromatic heterocycles. The Morgan fingerprint density at radius 2 is 1.71 bits per heavy atom. The number of nitrogens with zero attached hydrogens (tertiary/aromatic N) is 1. The predicted molar refractivity (Wildman–Crippen MR) is 79.7 cm³/mol. The second-order valence-corrected chi connectivity index (χ2v) is 4.41. The molecule has 0 unspecified atom stereocenters. The van der Waals surface area contributed by atoms with Crippen LogP contribution >= 0.6 is 12.2 Å². The van der Waals surface area contributed by atoms with Crippen LogP contribution in [0.1, 0.15) is 5.56 Å². The van der Waals surface area contributed by atoms with E-state index in [0.717, 1.165) is 12.1 Å². The Hall–Kier alpha value is -2.41. The normalized spacial score (nSPS) is 10.6. The smallest absolute Gasteiger partial charge is 0.191 e. The molecule has 7 heteroatoms. The molecule has 0 heterocycles. The lowest BCUT2D eigenvalue weighted by Gasteiger charge is -2.06. The van der Waals surface area contributed by atoms with E-state index in [0.29, 0.717) is 11.3 Å². The number of anilines is 1. The van der Waals surface area contributed by atoms with E-state index in [9.17, 15) is 13.2 Å². The number of benzene rings is 2. The Morgan fingerprint density at radius 3 is 2.38 bits per heavy atom. The lowest BCUT2D eigenvalue weighted by atomic mass is 10.2. The minimum absolute atomic E-state index is 0.181. The topological polar surface area (TPSA) is 36.4 Å². The second kappa shape index (κ2) is 6.85. The van der Waals surface area contributed by atoms with Crippen molar-refractivity contribution in [2.24, 2.45) is 5.10 Å². The van der Waals surface area contributed by atoms with Gasteiger partial charge in [0.05, 0.1) is 6.21 Å². The van der Waals surface area contributed by atoms with Gasteiger partial charge in [0.15, 0.2) is 16.7 Å². The molecule has 0 saturated heterocycles. The SMILES string of the molecule is Fc1ccc(NC(=S)N/N=C\c2ccc(F)c(F)c2)cc1. The van der Waals surface area contributed by atoms with E-state index in [1.54, 1.807) is 0 Å². The van der Waals surface area contributed by atoms with Crippen LogP contribution in [-0.2, 0) is 0 Å². The summed E-state index contributed by atoms with van der Waals surface area (Å²) in [7, 11) is 0. The van der Waals surface area contributed by atoms with Crippen molar-refractivity contribution in [3.8, 4) is 0 Å². The number of thiocarbonyl (C=S) groups is 1. The van der Waals surface area contributed by atoms with E-state index in [4.69, 9.17) is 12.2 Å². The molecule has 0 radical (unpaired) electrons. The van der Waals surface area contributed by atoms with Gasteiger partial charge >= 0.3 is 0 Å². The molecule has 21 heavy (non-hydrogen) atoms. The molecule has 2 aromatic rings. The number of halogens is 3. The number of hydrogen-bond acceptors (Lipinski definition) is 2. The quantitative estimate of drug-likeness (QED) is 0.518. The summed E-state index contributed by atoms with van der Waals surface area (Å²) in [4.78, 5) is 0. The van der Waals surface area contributed by atoms with Gasteiger partial charge in [-0.15, -0.1) is 0 Å². The molecule has 0 aliphatic heterocycles. The fourth-order valence-corrected chi connectivity index (χ4v) is 1.62. The molecule has 3 nitrogen and oxygen atoms in total. The third-order valence-electron chi connectivity index (χ3n) is 2.43. The third kappa shape index (κ3) is 4.57. The monoisotopic (exact) mass is 309 g/mol. The van der Waals surface area contributed by atoms with Gasteiger partial charge in [-0.2, -0.15) is 5.10 Å². The highest BCUT2D eigenvalue weighted by Gasteiger charge is 2.00. The molecule has 108 valence electrons. The summed E-state index contributed by atoms with van der Waals surface area (Å²) >= 11 is 4.97. The van der Waals surface area contributed by atoms with E-state index in [1.807, 2.05) is 0 Å². The molecule has 0 atom stereocenters. The van der Waals surface area contributed by atoms with Crippen LogP contribution in [0.3, 0.4) is 0 Å². The van der Waals surface area contributed by atoms with Gasteiger partial charge in [0.2, 0.25) is 0 Å². The van der Waals surface area contributed by atoms with Crippen LogP contribution in [0.4, 0.5) is 18.9 Å². The van der Waals surface area contributed by atoms with Crippen molar-refractivity contribution in [3.63, 3.8) is 0 Å². The first-order valence-corrected chi connectivity index (χ1v) is 6.26. The average molecular weight is 309 g/mol. The van der Waals surface area contributed by atoms with Crippen LogP contribution in [0.25, 0.3) is 0 Å². The van der Waals surface area contributed by atoms with E-state index in [2.05, 4.69) is 15.8 Å². The molecule has 0 fully saturated rings. The molecule has 0 bridgehead atoms. The first kappa shape index (κ1) is 15.0. The Labute approximate surface area is 124 Å². The maximum absolute atomic E-state index is 13.0. The average Bonchev–Trinajstić information content (AvgIpc) is 2.45. The molecule has 2 aromatic carbocycles. The Balaban J connectivity index is 1.89. The van der Waals surface area contributed by atoms with Crippen LogP contribution in [0.15, 0.2) is 47.6 Å². The van der Waals surface area contributed by atoms with Crippen molar-refractivity contribution in [2.45, 2.75) is 0 Å². The summed E-state index contributed by atoms with van der Waals surface area (Å²) < 4.78 is 38.4. The van der Waals surface area contributed by atoms with Crippen LogP contribution < -0.4 is 10.7 Å². The van der Waals surface area contributed by atoms with Gasteiger partial charge in [-0.1, -0.05) is 6.07 Å². The van der Waals surface area contributed by atoms with Crippen LogP contribution in [0.2, 0.25) is 0 Å². The molecule has 2 rings (SSSR count). The van der Waals surface area contributed by atoms with Gasteiger partial charge in [0.25, 0.3) is 0 Å². The molecule has 2 N–H and O–H groups in total. The molecule has 0 saturated carbocycles.